The summed E-state index contributed by atoms with van der Waals surface area (Å²) in [7, 11) is -3.46. The number of primary amides is 1. The van der Waals surface area contributed by atoms with Crippen LogP contribution in [0.3, 0.4) is 0 Å². The van der Waals surface area contributed by atoms with E-state index in [1.165, 1.54) is 19.2 Å². The molecule has 2 aliphatic heterocycles. The van der Waals surface area contributed by atoms with Crippen molar-refractivity contribution >= 4 is 31.8 Å². The number of ether oxygens (including phenoxy) is 2. The predicted molar refractivity (Wildman–Crippen MR) is 238 cm³/mol. The molecule has 3 aromatic carbocycles. The minimum Gasteiger partial charge on any atom is -0.453 e. The van der Waals surface area contributed by atoms with Crippen LogP contribution in [0.25, 0.3) is 33.6 Å². The molecule has 0 saturated carbocycles. The van der Waals surface area contributed by atoms with Crippen molar-refractivity contribution < 1.29 is 57.3 Å². The third kappa shape index (κ3) is 10.7. The normalized spacial score (nSPS) is 18.3. The third-order valence-electron chi connectivity index (χ3n) is 12.0. The van der Waals surface area contributed by atoms with Gasteiger partial charge in [-0.05, 0) is 72.6 Å². The number of phosphoric acid groups is 1. The third-order valence-corrected chi connectivity index (χ3v) is 12.7. The minimum atomic E-state index is -4.66. The number of aliphatic hydroxyl groups is 1. The Morgan fingerprint density at radius 1 is 0.848 bits per heavy atom. The number of hydrogen-bond acceptors (Lipinski definition) is 13. The SMILES string of the molecule is COC(=O)N[C@@H](Cc1ccc(OP(=O)(O)OOCO)cc1)C(=O)N1CCC[C@H]1c1ncc(-c2ccc(-c3ccc(-c4cnc([C@@H]5CCCN5C(=O)[C@@](C)(OC(N)=O)C(C)C)[nH]4)cc3)cc2)[nH]1. The Kier molecular flexibility index (Phi) is 14.6. The number of carbonyl (C=O) groups is 4. The quantitative estimate of drug-likeness (QED) is 0.0258. The zero-order valence-electron chi connectivity index (χ0n) is 36.8. The van der Waals surface area contributed by atoms with Crippen molar-refractivity contribution in [2.75, 3.05) is 27.0 Å². The van der Waals surface area contributed by atoms with E-state index < -0.39 is 38.4 Å². The van der Waals surface area contributed by atoms with Crippen molar-refractivity contribution in [3.8, 4) is 39.4 Å². The van der Waals surface area contributed by atoms with E-state index in [1.807, 2.05) is 62.4 Å². The van der Waals surface area contributed by atoms with Crippen molar-refractivity contribution in [2.24, 2.45) is 11.7 Å². The lowest BCUT2D eigenvalue weighted by molar-refractivity contribution is -0.264. The summed E-state index contributed by atoms with van der Waals surface area (Å²) < 4.78 is 31.2. The molecule has 2 saturated heterocycles. The standard InChI is InChI=1S/C45H53N8O12P/c1-27(2)45(3,63-43(46)57)42(56)53-22-6-8-38(53)40-48-25-36(50-40)32-17-13-30(14-18-32)29-11-15-31(16-12-29)35-24-47-39(49-35)37-7-5-21-52(37)41(55)34(51-44(58)61-4)23-28-9-19-33(20-10-28)64-66(59,60)65-62-26-54/h9-20,24-25,27,34,37-38,54H,5-8,21-23,26H2,1-4H3,(H2,46,57)(H,47,49)(H,48,50)(H,51,58)(H,59,60)/t34-,37-,38-,45-/m0/s1. The number of likely N-dealkylation sites (tertiary alicyclic amines) is 2. The average Bonchev–Trinajstić information content (AvgIpc) is 4.16. The van der Waals surface area contributed by atoms with Crippen LogP contribution in [0.4, 0.5) is 9.59 Å². The lowest BCUT2D eigenvalue weighted by Gasteiger charge is -2.36. The van der Waals surface area contributed by atoms with Gasteiger partial charge in [0, 0.05) is 25.4 Å². The molecular formula is C45H53N8O12P. The maximum Gasteiger partial charge on any atom is 0.555 e. The number of imidazole rings is 2. The molecule has 0 radical (unpaired) electrons. The number of aliphatic hydroxyl groups excluding tert-OH is 1. The van der Waals surface area contributed by atoms with Crippen LogP contribution in [0.1, 0.15) is 75.8 Å². The van der Waals surface area contributed by atoms with E-state index in [0.29, 0.717) is 43.1 Å². The first kappa shape index (κ1) is 47.4. The molecule has 21 heteroatoms. The van der Waals surface area contributed by atoms with Gasteiger partial charge in [0.1, 0.15) is 23.4 Å². The van der Waals surface area contributed by atoms with Crippen LogP contribution in [-0.4, -0.2) is 102 Å². The van der Waals surface area contributed by atoms with Gasteiger partial charge in [-0.3, -0.25) is 14.5 Å². The molecule has 0 bridgehead atoms. The summed E-state index contributed by atoms with van der Waals surface area (Å²) in [5.74, 6) is 0.292. The smallest absolute Gasteiger partial charge is 0.453 e. The number of alkyl carbamates (subject to hydrolysis) is 1. The van der Waals surface area contributed by atoms with Gasteiger partial charge in [-0.2, -0.15) is 4.89 Å². The molecule has 4 amide bonds. The van der Waals surface area contributed by atoms with E-state index >= 15 is 0 Å². The molecule has 0 aliphatic carbocycles. The number of nitrogens with two attached hydrogens (primary N) is 1. The number of nitrogens with one attached hydrogen (secondary N) is 3. The molecule has 5 atom stereocenters. The van der Waals surface area contributed by atoms with E-state index in [9.17, 15) is 28.6 Å². The minimum absolute atomic E-state index is 0.0376. The molecule has 20 nitrogen and oxygen atoms in total. The van der Waals surface area contributed by atoms with Crippen LogP contribution in [0, 0.1) is 5.92 Å². The van der Waals surface area contributed by atoms with E-state index in [1.54, 1.807) is 41.2 Å². The number of hydrogen-bond donors (Lipinski definition) is 6. The van der Waals surface area contributed by atoms with E-state index in [-0.39, 0.29) is 42.0 Å². The van der Waals surface area contributed by atoms with Crippen LogP contribution in [0.2, 0.25) is 0 Å². The van der Waals surface area contributed by atoms with Crippen LogP contribution in [0.5, 0.6) is 5.75 Å². The van der Waals surface area contributed by atoms with Crippen LogP contribution >= 0.6 is 7.82 Å². The number of carbonyl (C=O) groups excluding carboxylic acids is 4. The Hall–Kier alpha value is -6.57. The highest BCUT2D eigenvalue weighted by Gasteiger charge is 2.47. The fourth-order valence-corrected chi connectivity index (χ4v) is 8.86. The highest BCUT2D eigenvalue weighted by molar-refractivity contribution is 7.47. The second kappa shape index (κ2) is 20.3. The van der Waals surface area contributed by atoms with Crippen molar-refractivity contribution in [2.45, 2.75) is 76.6 Å². The van der Waals surface area contributed by atoms with Gasteiger partial charge in [-0.15, -0.1) is 4.67 Å². The molecule has 2 aliphatic rings. The number of nitrogens with zero attached hydrogens (tertiary/aromatic N) is 4. The molecule has 2 aromatic heterocycles. The molecule has 350 valence electrons. The second-order valence-electron chi connectivity index (χ2n) is 16.5. The van der Waals surface area contributed by atoms with E-state index in [0.717, 1.165) is 46.5 Å². The Morgan fingerprint density at radius 2 is 1.36 bits per heavy atom. The summed E-state index contributed by atoms with van der Waals surface area (Å²) in [6, 6.07) is 20.3. The molecule has 0 spiro atoms. The monoisotopic (exact) mass is 928 g/mol. The number of methoxy groups -OCH3 is 1. The summed E-state index contributed by atoms with van der Waals surface area (Å²) in [5.41, 5.74) is 9.93. The van der Waals surface area contributed by atoms with Crippen molar-refractivity contribution in [1.82, 2.24) is 35.1 Å². The van der Waals surface area contributed by atoms with E-state index in [4.69, 9.17) is 24.8 Å². The maximum atomic E-state index is 14.1. The average molecular weight is 929 g/mol. The first-order chi connectivity index (χ1) is 31.6. The number of phosphoric ester groups is 1. The fraction of sp³-hybridized carbons (Fsp3) is 0.378. The Balaban J connectivity index is 0.991. The van der Waals surface area contributed by atoms with Crippen LogP contribution in [-0.2, 0) is 39.6 Å². The van der Waals surface area contributed by atoms with Gasteiger partial charge >= 0.3 is 20.0 Å². The van der Waals surface area contributed by atoms with Crippen LogP contribution in [0.15, 0.2) is 85.2 Å². The summed E-state index contributed by atoms with van der Waals surface area (Å²) in [6.45, 7) is 5.23. The molecule has 7 N–H and O–H groups in total. The molecule has 4 heterocycles. The summed E-state index contributed by atoms with van der Waals surface area (Å²) >= 11 is 0. The molecule has 5 aromatic rings. The highest BCUT2D eigenvalue weighted by atomic mass is 31.2. The number of amides is 4. The first-order valence-corrected chi connectivity index (χ1v) is 22.9. The molecular weight excluding hydrogens is 876 g/mol. The lowest BCUT2D eigenvalue weighted by atomic mass is 9.90. The first-order valence-electron chi connectivity index (χ1n) is 21.4. The van der Waals surface area contributed by atoms with Gasteiger partial charge in [0.2, 0.25) is 5.91 Å². The Labute approximate surface area is 380 Å². The molecule has 1 unspecified atom stereocenters. The number of rotatable bonds is 17. The molecule has 66 heavy (non-hydrogen) atoms. The van der Waals surface area contributed by atoms with Crippen molar-refractivity contribution in [3.05, 3.63) is 102 Å². The van der Waals surface area contributed by atoms with Gasteiger partial charge in [0.15, 0.2) is 12.4 Å². The summed E-state index contributed by atoms with van der Waals surface area (Å²) in [5, 5.41) is 11.3. The van der Waals surface area contributed by atoms with Crippen molar-refractivity contribution in [3.63, 3.8) is 0 Å². The highest BCUT2D eigenvalue weighted by Crippen LogP contribution is 2.44. The van der Waals surface area contributed by atoms with Gasteiger partial charge in [-0.25, -0.2) is 24.1 Å². The second-order valence-corrected chi connectivity index (χ2v) is 17.7. The lowest BCUT2D eigenvalue weighted by Crippen LogP contribution is -2.53. The van der Waals surface area contributed by atoms with Gasteiger partial charge < -0.3 is 49.9 Å². The topological polar surface area (TPSA) is 274 Å². The zero-order chi connectivity index (χ0) is 47.2. The van der Waals surface area contributed by atoms with Gasteiger partial charge in [0.05, 0.1) is 43.0 Å². The molecule has 7 rings (SSSR count). The number of aromatic amines is 2. The van der Waals surface area contributed by atoms with Crippen LogP contribution < -0.4 is 15.6 Å². The Morgan fingerprint density at radius 3 is 1.86 bits per heavy atom. The largest absolute Gasteiger partial charge is 0.555 e. The van der Waals surface area contributed by atoms with Gasteiger partial charge in [0.25, 0.3) is 5.91 Å². The number of aromatic nitrogens is 4. The fourth-order valence-electron chi connectivity index (χ4n) is 8.26. The summed E-state index contributed by atoms with van der Waals surface area (Å²) in [4.78, 5) is 85.3. The van der Waals surface area contributed by atoms with Crippen molar-refractivity contribution in [1.29, 1.82) is 0 Å². The predicted octanol–water partition coefficient (Wildman–Crippen LogP) is 6.32. The van der Waals surface area contributed by atoms with E-state index in [2.05, 4.69) is 34.8 Å². The maximum absolute atomic E-state index is 14.1. The van der Waals surface area contributed by atoms with Gasteiger partial charge in [-0.1, -0.05) is 74.5 Å². The Bertz CT molecular complexity index is 2550. The summed E-state index contributed by atoms with van der Waals surface area (Å²) in [6.07, 6.45) is 4.65. The zero-order valence-corrected chi connectivity index (χ0v) is 37.7. The number of benzene rings is 3. The molecule has 2 fully saturated rings. The number of H-pyrrole nitrogens is 2.